The van der Waals surface area contributed by atoms with Crippen LogP contribution < -0.4 is 10.1 Å². The largest absolute Gasteiger partial charge is 0.496 e. The van der Waals surface area contributed by atoms with Gasteiger partial charge in [-0.2, -0.15) is 0 Å². The Morgan fingerprint density at radius 1 is 1.37 bits per heavy atom. The molecule has 1 aliphatic rings. The molecule has 0 aliphatic heterocycles. The van der Waals surface area contributed by atoms with Crippen LogP contribution >= 0.6 is 15.9 Å². The third kappa shape index (κ3) is 3.73. The number of ether oxygens (including phenoxy) is 1. The molecule has 2 nitrogen and oxygen atoms in total. The third-order valence-corrected chi connectivity index (χ3v) is 4.51. The highest BCUT2D eigenvalue weighted by atomic mass is 79.9. The first-order valence-corrected chi connectivity index (χ1v) is 8.12. The number of hydrogen-bond acceptors (Lipinski definition) is 2. The van der Waals surface area contributed by atoms with Gasteiger partial charge in [-0.3, -0.25) is 0 Å². The lowest BCUT2D eigenvalue weighted by molar-refractivity contribution is 0.345. The highest BCUT2D eigenvalue weighted by molar-refractivity contribution is 9.10. The molecule has 0 bridgehead atoms. The molecule has 0 spiro atoms. The smallest absolute Gasteiger partial charge is 0.123 e. The summed E-state index contributed by atoms with van der Waals surface area (Å²) in [6.07, 6.45) is 6.56. The fraction of sp³-hybridized carbons (Fsp3) is 0.625. The zero-order valence-corrected chi connectivity index (χ0v) is 13.5. The van der Waals surface area contributed by atoms with Crippen LogP contribution in [0.3, 0.4) is 0 Å². The summed E-state index contributed by atoms with van der Waals surface area (Å²) in [6, 6.07) is 6.75. The van der Waals surface area contributed by atoms with Gasteiger partial charge in [-0.05, 0) is 49.9 Å². The van der Waals surface area contributed by atoms with Crippen LogP contribution in [-0.2, 0) is 0 Å². The molecule has 0 aromatic heterocycles. The molecule has 2 rings (SSSR count). The number of methoxy groups -OCH3 is 1. The SMILES string of the molecule is CCCNC(c1cc(Br)ccc1OC)C1CCCC1. The molecule has 0 saturated heterocycles. The van der Waals surface area contributed by atoms with Gasteiger partial charge in [0.15, 0.2) is 0 Å². The number of hydrogen-bond donors (Lipinski definition) is 1. The van der Waals surface area contributed by atoms with E-state index in [1.54, 1.807) is 7.11 Å². The Kier molecular flexibility index (Phi) is 5.71. The molecule has 0 amide bonds. The molecule has 1 aliphatic carbocycles. The van der Waals surface area contributed by atoms with Gasteiger partial charge >= 0.3 is 0 Å². The van der Waals surface area contributed by atoms with E-state index in [1.165, 1.54) is 37.7 Å². The average molecular weight is 326 g/mol. The summed E-state index contributed by atoms with van der Waals surface area (Å²) < 4.78 is 6.69. The van der Waals surface area contributed by atoms with E-state index in [0.29, 0.717) is 6.04 Å². The van der Waals surface area contributed by atoms with Gasteiger partial charge in [0.05, 0.1) is 7.11 Å². The predicted octanol–water partition coefficient (Wildman–Crippen LogP) is 4.69. The number of benzene rings is 1. The van der Waals surface area contributed by atoms with Crippen LogP contribution in [0, 0.1) is 5.92 Å². The molecule has 0 heterocycles. The highest BCUT2D eigenvalue weighted by Crippen LogP contribution is 2.39. The summed E-state index contributed by atoms with van der Waals surface area (Å²) in [5, 5.41) is 3.73. The zero-order valence-electron chi connectivity index (χ0n) is 11.9. The van der Waals surface area contributed by atoms with Crippen molar-refractivity contribution >= 4 is 15.9 Å². The fourth-order valence-electron chi connectivity index (χ4n) is 3.07. The molecule has 3 heteroatoms. The topological polar surface area (TPSA) is 21.3 Å². The van der Waals surface area contributed by atoms with Gasteiger partial charge in [-0.25, -0.2) is 0 Å². The van der Waals surface area contributed by atoms with Crippen molar-refractivity contribution in [3.8, 4) is 5.75 Å². The maximum absolute atomic E-state index is 5.56. The minimum atomic E-state index is 0.426. The van der Waals surface area contributed by atoms with Crippen molar-refractivity contribution in [2.45, 2.75) is 45.1 Å². The van der Waals surface area contributed by atoms with Crippen LogP contribution in [0.5, 0.6) is 5.75 Å². The lowest BCUT2D eigenvalue weighted by Gasteiger charge is -2.27. The summed E-state index contributed by atoms with van der Waals surface area (Å²) in [6.45, 7) is 3.29. The third-order valence-electron chi connectivity index (χ3n) is 4.01. The highest BCUT2D eigenvalue weighted by Gasteiger charge is 2.28. The standard InChI is InChI=1S/C16H24BrNO/c1-3-10-18-16(12-6-4-5-7-12)14-11-13(17)8-9-15(14)19-2/h8-9,11-12,16,18H,3-7,10H2,1-2H3. The molecule has 106 valence electrons. The molecule has 1 aromatic rings. The van der Waals surface area contributed by atoms with E-state index in [-0.39, 0.29) is 0 Å². The molecule has 1 unspecified atom stereocenters. The van der Waals surface area contributed by atoms with Gasteiger partial charge in [0.25, 0.3) is 0 Å². The van der Waals surface area contributed by atoms with Gasteiger partial charge in [0.1, 0.15) is 5.75 Å². The van der Waals surface area contributed by atoms with Crippen molar-refractivity contribution in [2.75, 3.05) is 13.7 Å². The molecule has 0 radical (unpaired) electrons. The van der Waals surface area contributed by atoms with E-state index >= 15 is 0 Å². The van der Waals surface area contributed by atoms with Gasteiger partial charge in [0, 0.05) is 16.1 Å². The summed E-state index contributed by atoms with van der Waals surface area (Å²) in [5.41, 5.74) is 1.30. The number of rotatable bonds is 6. The fourth-order valence-corrected chi connectivity index (χ4v) is 3.45. The summed E-state index contributed by atoms with van der Waals surface area (Å²) in [5.74, 6) is 1.75. The van der Waals surface area contributed by atoms with E-state index in [0.717, 1.165) is 22.7 Å². The number of nitrogens with one attached hydrogen (secondary N) is 1. The van der Waals surface area contributed by atoms with Crippen LogP contribution in [-0.4, -0.2) is 13.7 Å². The normalized spacial score (nSPS) is 17.6. The van der Waals surface area contributed by atoms with Crippen molar-refractivity contribution in [1.29, 1.82) is 0 Å². The Bertz CT molecular complexity index is 402. The summed E-state index contributed by atoms with van der Waals surface area (Å²) in [7, 11) is 1.76. The van der Waals surface area contributed by atoms with Crippen LogP contribution in [0.25, 0.3) is 0 Å². The van der Waals surface area contributed by atoms with Gasteiger partial charge < -0.3 is 10.1 Å². The van der Waals surface area contributed by atoms with Crippen LogP contribution in [0.15, 0.2) is 22.7 Å². The summed E-state index contributed by atoms with van der Waals surface area (Å²) >= 11 is 3.59. The van der Waals surface area contributed by atoms with Crippen LogP contribution in [0.4, 0.5) is 0 Å². The Morgan fingerprint density at radius 3 is 2.74 bits per heavy atom. The minimum absolute atomic E-state index is 0.426. The average Bonchev–Trinajstić information content (AvgIpc) is 2.93. The lowest BCUT2D eigenvalue weighted by Crippen LogP contribution is -2.28. The molecule has 1 fully saturated rings. The van der Waals surface area contributed by atoms with Gasteiger partial charge in [0.2, 0.25) is 0 Å². The van der Waals surface area contributed by atoms with Gasteiger partial charge in [-0.15, -0.1) is 0 Å². The van der Waals surface area contributed by atoms with E-state index in [4.69, 9.17) is 4.74 Å². The van der Waals surface area contributed by atoms with Crippen LogP contribution in [0.2, 0.25) is 0 Å². The van der Waals surface area contributed by atoms with E-state index < -0.39 is 0 Å². The number of halogens is 1. The Hall–Kier alpha value is -0.540. The van der Waals surface area contributed by atoms with Crippen molar-refractivity contribution < 1.29 is 4.74 Å². The first-order chi connectivity index (χ1) is 9.26. The summed E-state index contributed by atoms with van der Waals surface area (Å²) in [4.78, 5) is 0. The first kappa shape index (κ1) is 14.9. The zero-order chi connectivity index (χ0) is 13.7. The van der Waals surface area contributed by atoms with Gasteiger partial charge in [-0.1, -0.05) is 35.7 Å². The van der Waals surface area contributed by atoms with E-state index in [2.05, 4.69) is 40.3 Å². The second-order valence-electron chi connectivity index (χ2n) is 5.36. The monoisotopic (exact) mass is 325 g/mol. The lowest BCUT2D eigenvalue weighted by atomic mass is 9.91. The molecule has 19 heavy (non-hydrogen) atoms. The van der Waals surface area contributed by atoms with Crippen molar-refractivity contribution in [1.82, 2.24) is 5.32 Å². The van der Waals surface area contributed by atoms with E-state index in [1.807, 2.05) is 6.07 Å². The molecule has 1 saturated carbocycles. The van der Waals surface area contributed by atoms with Crippen molar-refractivity contribution in [3.05, 3.63) is 28.2 Å². The maximum Gasteiger partial charge on any atom is 0.123 e. The molecular formula is C16H24BrNO. The van der Waals surface area contributed by atoms with E-state index in [9.17, 15) is 0 Å². The molecule has 1 aromatic carbocycles. The minimum Gasteiger partial charge on any atom is -0.496 e. The van der Waals surface area contributed by atoms with Crippen LogP contribution in [0.1, 0.15) is 50.6 Å². The predicted molar refractivity (Wildman–Crippen MR) is 83.7 cm³/mol. The Labute approximate surface area is 125 Å². The Balaban J connectivity index is 2.27. The maximum atomic E-state index is 5.56. The quantitative estimate of drug-likeness (QED) is 0.819. The van der Waals surface area contributed by atoms with Crippen molar-refractivity contribution in [3.63, 3.8) is 0 Å². The first-order valence-electron chi connectivity index (χ1n) is 7.33. The Morgan fingerprint density at radius 2 is 2.11 bits per heavy atom. The second kappa shape index (κ2) is 7.30. The molecular weight excluding hydrogens is 302 g/mol. The second-order valence-corrected chi connectivity index (χ2v) is 6.28. The molecule has 1 N–H and O–H groups in total. The molecule has 1 atom stereocenters. The van der Waals surface area contributed by atoms with Crippen molar-refractivity contribution in [2.24, 2.45) is 5.92 Å².